The Morgan fingerprint density at radius 3 is 2.41 bits per heavy atom. The average Bonchev–Trinajstić information content (AvgIpc) is 2.50. The lowest BCUT2D eigenvalue weighted by molar-refractivity contribution is -0.120. The number of nitrogens with zero attached hydrogens (tertiary/aromatic N) is 1. The van der Waals surface area contributed by atoms with E-state index in [1.807, 2.05) is 0 Å². The van der Waals surface area contributed by atoms with E-state index in [4.69, 9.17) is 10.5 Å². The van der Waals surface area contributed by atoms with Crippen molar-refractivity contribution in [3.63, 3.8) is 0 Å². The van der Waals surface area contributed by atoms with Crippen molar-refractivity contribution in [3.8, 4) is 0 Å². The fourth-order valence-corrected chi connectivity index (χ4v) is 2.31. The van der Waals surface area contributed by atoms with Crippen LogP contribution in [0, 0.1) is 5.82 Å². The predicted octanol–water partition coefficient (Wildman–Crippen LogP) is 1.12. The highest BCUT2D eigenvalue weighted by Gasteiger charge is 2.23. The molecule has 1 aromatic carbocycles. The van der Waals surface area contributed by atoms with Crippen LogP contribution >= 0.6 is 24.8 Å². The molecule has 2 rings (SSSR count). The van der Waals surface area contributed by atoms with Gasteiger partial charge in [0.25, 0.3) is 0 Å². The van der Waals surface area contributed by atoms with Crippen LogP contribution in [0.2, 0.25) is 0 Å². The number of amides is 1. The molecule has 5 nitrogen and oxygen atoms in total. The normalized spacial score (nSPS) is 16.1. The lowest BCUT2D eigenvalue weighted by Gasteiger charge is -2.34. The summed E-state index contributed by atoms with van der Waals surface area (Å²) in [5.74, 6) is -0.453. The summed E-state index contributed by atoms with van der Waals surface area (Å²) in [6, 6.07) is 6.39. The third-order valence-corrected chi connectivity index (χ3v) is 3.42. The molecule has 1 aromatic rings. The highest BCUT2D eigenvalue weighted by Crippen LogP contribution is 2.21. The summed E-state index contributed by atoms with van der Waals surface area (Å²) in [6.07, 6.45) is 0. The van der Waals surface area contributed by atoms with Crippen molar-refractivity contribution in [2.75, 3.05) is 39.4 Å². The van der Waals surface area contributed by atoms with Gasteiger partial charge in [-0.05, 0) is 17.7 Å². The second-order valence-corrected chi connectivity index (χ2v) is 4.72. The van der Waals surface area contributed by atoms with E-state index in [1.54, 1.807) is 12.1 Å². The summed E-state index contributed by atoms with van der Waals surface area (Å²) in [5, 5.41) is 2.80. The Morgan fingerprint density at radius 1 is 1.27 bits per heavy atom. The average molecular weight is 354 g/mol. The van der Waals surface area contributed by atoms with Gasteiger partial charge in [0.2, 0.25) is 5.91 Å². The van der Waals surface area contributed by atoms with Gasteiger partial charge in [-0.1, -0.05) is 12.1 Å². The molecule has 0 aromatic heterocycles. The van der Waals surface area contributed by atoms with E-state index in [9.17, 15) is 9.18 Å². The van der Waals surface area contributed by atoms with E-state index in [2.05, 4.69) is 10.2 Å². The first-order chi connectivity index (χ1) is 9.70. The number of carbonyl (C=O) groups is 1. The molecule has 3 N–H and O–H groups in total. The molecule has 0 radical (unpaired) electrons. The zero-order chi connectivity index (χ0) is 14.4. The lowest BCUT2D eigenvalue weighted by Crippen LogP contribution is -2.44. The standard InChI is InChI=1S/C14H20FN3O2.2ClH/c15-12-3-1-11(2-4-12)13(10-17-14(19)9-16)18-5-7-20-8-6-18;;/h1-4,13H,5-10,16H2,(H,17,19);2*1H. The van der Waals surface area contributed by atoms with Crippen LogP contribution in [-0.2, 0) is 9.53 Å². The number of hydrogen-bond acceptors (Lipinski definition) is 4. The lowest BCUT2D eigenvalue weighted by atomic mass is 10.0. The predicted molar refractivity (Wildman–Crippen MR) is 88.1 cm³/mol. The van der Waals surface area contributed by atoms with Gasteiger partial charge in [0, 0.05) is 19.6 Å². The Morgan fingerprint density at radius 2 is 1.86 bits per heavy atom. The number of carbonyl (C=O) groups excluding carboxylic acids is 1. The summed E-state index contributed by atoms with van der Waals surface area (Å²) in [4.78, 5) is 13.6. The molecule has 0 aliphatic carbocycles. The third kappa shape index (κ3) is 6.06. The molecule has 0 spiro atoms. The quantitative estimate of drug-likeness (QED) is 0.832. The van der Waals surface area contributed by atoms with Crippen molar-refractivity contribution >= 4 is 30.7 Å². The van der Waals surface area contributed by atoms with Crippen LogP contribution < -0.4 is 11.1 Å². The van der Waals surface area contributed by atoms with Gasteiger partial charge in [0.1, 0.15) is 5.82 Å². The smallest absolute Gasteiger partial charge is 0.233 e. The van der Waals surface area contributed by atoms with Gasteiger partial charge >= 0.3 is 0 Å². The van der Waals surface area contributed by atoms with Gasteiger partial charge in [-0.25, -0.2) is 4.39 Å². The van der Waals surface area contributed by atoms with Crippen molar-refractivity contribution in [2.45, 2.75) is 6.04 Å². The van der Waals surface area contributed by atoms with E-state index >= 15 is 0 Å². The summed E-state index contributed by atoms with van der Waals surface area (Å²) in [7, 11) is 0. The molecule has 1 aliphatic rings. The van der Waals surface area contributed by atoms with Crippen molar-refractivity contribution in [1.82, 2.24) is 10.2 Å². The second-order valence-electron chi connectivity index (χ2n) is 4.72. The highest BCUT2D eigenvalue weighted by atomic mass is 35.5. The van der Waals surface area contributed by atoms with E-state index in [0.717, 1.165) is 18.7 Å². The van der Waals surface area contributed by atoms with Crippen molar-refractivity contribution < 1.29 is 13.9 Å². The van der Waals surface area contributed by atoms with E-state index in [0.29, 0.717) is 19.8 Å². The summed E-state index contributed by atoms with van der Waals surface area (Å²) < 4.78 is 18.4. The molecular formula is C14H22Cl2FN3O2. The van der Waals surface area contributed by atoms with Crippen LogP contribution in [0.5, 0.6) is 0 Å². The number of nitrogens with one attached hydrogen (secondary N) is 1. The first-order valence-corrected chi connectivity index (χ1v) is 6.74. The Bertz CT molecular complexity index is 442. The fourth-order valence-electron chi connectivity index (χ4n) is 2.31. The van der Waals surface area contributed by atoms with Crippen LogP contribution in [0.4, 0.5) is 4.39 Å². The minimum absolute atomic E-state index is 0. The minimum atomic E-state index is -0.263. The first-order valence-electron chi connectivity index (χ1n) is 6.74. The molecular weight excluding hydrogens is 332 g/mol. The van der Waals surface area contributed by atoms with Crippen molar-refractivity contribution in [1.29, 1.82) is 0 Å². The van der Waals surface area contributed by atoms with Crippen LogP contribution in [0.3, 0.4) is 0 Å². The van der Waals surface area contributed by atoms with Gasteiger partial charge in [-0.3, -0.25) is 9.69 Å². The number of morpholine rings is 1. The molecule has 126 valence electrons. The zero-order valence-corrected chi connectivity index (χ0v) is 13.8. The monoisotopic (exact) mass is 353 g/mol. The molecule has 1 atom stereocenters. The largest absolute Gasteiger partial charge is 0.379 e. The van der Waals surface area contributed by atoms with Crippen LogP contribution in [0.1, 0.15) is 11.6 Å². The maximum Gasteiger partial charge on any atom is 0.233 e. The molecule has 1 heterocycles. The molecule has 0 bridgehead atoms. The number of ether oxygens (including phenoxy) is 1. The first kappa shape index (κ1) is 21.1. The topological polar surface area (TPSA) is 67.6 Å². The maximum atomic E-state index is 13.0. The SMILES string of the molecule is Cl.Cl.NCC(=O)NCC(c1ccc(F)cc1)N1CCOCC1. The fraction of sp³-hybridized carbons (Fsp3) is 0.500. The van der Waals surface area contributed by atoms with Crippen molar-refractivity contribution in [3.05, 3.63) is 35.6 Å². The van der Waals surface area contributed by atoms with Gasteiger partial charge < -0.3 is 15.8 Å². The molecule has 1 unspecified atom stereocenters. The van der Waals surface area contributed by atoms with Gasteiger partial charge in [-0.15, -0.1) is 24.8 Å². The summed E-state index contributed by atoms with van der Waals surface area (Å²) >= 11 is 0. The van der Waals surface area contributed by atoms with Gasteiger partial charge in [-0.2, -0.15) is 0 Å². The Hall–Kier alpha value is -0.920. The molecule has 22 heavy (non-hydrogen) atoms. The number of rotatable bonds is 5. The van der Waals surface area contributed by atoms with E-state index in [-0.39, 0.29) is 49.1 Å². The Balaban J connectivity index is 0.00000220. The summed E-state index contributed by atoms with van der Waals surface area (Å²) in [5.41, 5.74) is 6.28. The van der Waals surface area contributed by atoms with Crippen LogP contribution in [0.25, 0.3) is 0 Å². The van der Waals surface area contributed by atoms with Gasteiger partial charge in [0.05, 0.1) is 25.8 Å². The molecule has 1 amide bonds. The highest BCUT2D eigenvalue weighted by molar-refractivity contribution is 5.85. The molecule has 1 saturated heterocycles. The minimum Gasteiger partial charge on any atom is -0.379 e. The molecule has 1 aliphatic heterocycles. The number of halogens is 3. The molecule has 8 heteroatoms. The second kappa shape index (κ2) is 10.7. The molecule has 1 fully saturated rings. The van der Waals surface area contributed by atoms with Crippen LogP contribution in [0.15, 0.2) is 24.3 Å². The summed E-state index contributed by atoms with van der Waals surface area (Å²) in [6.45, 7) is 3.35. The van der Waals surface area contributed by atoms with E-state index in [1.165, 1.54) is 12.1 Å². The van der Waals surface area contributed by atoms with E-state index < -0.39 is 0 Å². The van der Waals surface area contributed by atoms with Crippen molar-refractivity contribution in [2.24, 2.45) is 5.73 Å². The Kier molecular flexibility index (Phi) is 10.3. The number of benzene rings is 1. The number of hydrogen-bond donors (Lipinski definition) is 2. The van der Waals surface area contributed by atoms with Gasteiger partial charge in [0.15, 0.2) is 0 Å². The third-order valence-electron chi connectivity index (χ3n) is 3.42. The maximum absolute atomic E-state index is 13.0. The zero-order valence-electron chi connectivity index (χ0n) is 12.2. The molecule has 0 saturated carbocycles. The van der Waals surface area contributed by atoms with Crippen LogP contribution in [-0.4, -0.2) is 50.2 Å². The Labute approximate surface area is 142 Å². The number of nitrogens with two attached hydrogens (primary N) is 1.